The molecule has 0 bridgehead atoms. The highest BCUT2D eigenvalue weighted by Crippen LogP contribution is 2.17. The molecule has 0 unspecified atom stereocenters. The fraction of sp³-hybridized carbons (Fsp3) is 0.500. The first-order valence-corrected chi connectivity index (χ1v) is 6.88. The molecular formula is C14H20O2S. The zero-order valence-electron chi connectivity index (χ0n) is 10.9. The molecule has 0 saturated carbocycles. The number of benzene rings is 1. The summed E-state index contributed by atoms with van der Waals surface area (Å²) in [4.78, 5) is 11.5. The molecule has 1 rings (SSSR count). The van der Waals surface area contributed by atoms with E-state index in [1.807, 2.05) is 32.9 Å². The lowest BCUT2D eigenvalue weighted by atomic mass is 10.1. The van der Waals surface area contributed by atoms with E-state index < -0.39 is 0 Å². The van der Waals surface area contributed by atoms with E-state index in [2.05, 4.69) is 19.1 Å². The van der Waals surface area contributed by atoms with Crippen LogP contribution in [0.5, 0.6) is 0 Å². The summed E-state index contributed by atoms with van der Waals surface area (Å²) in [5.41, 5.74) is 2.16. The minimum absolute atomic E-state index is 0.143. The van der Waals surface area contributed by atoms with Gasteiger partial charge in [-0.2, -0.15) is 0 Å². The van der Waals surface area contributed by atoms with Crippen LogP contribution in [0.4, 0.5) is 0 Å². The summed E-state index contributed by atoms with van der Waals surface area (Å²) in [6.07, 6.45) is 0. The maximum Gasteiger partial charge on any atom is 0.316 e. The highest BCUT2D eigenvalue weighted by molar-refractivity contribution is 7.99. The van der Waals surface area contributed by atoms with Crippen LogP contribution in [-0.4, -0.2) is 17.3 Å². The van der Waals surface area contributed by atoms with Crippen LogP contribution >= 0.6 is 11.8 Å². The second kappa shape index (κ2) is 6.10. The quantitative estimate of drug-likeness (QED) is 0.766. The Morgan fingerprint density at radius 3 is 2.53 bits per heavy atom. The van der Waals surface area contributed by atoms with Crippen molar-refractivity contribution in [2.45, 2.75) is 39.0 Å². The predicted molar refractivity (Wildman–Crippen MR) is 73.2 cm³/mol. The normalized spacial score (nSPS) is 11.3. The van der Waals surface area contributed by atoms with E-state index in [4.69, 9.17) is 4.74 Å². The van der Waals surface area contributed by atoms with E-state index in [1.165, 1.54) is 11.1 Å². The lowest BCUT2D eigenvalue weighted by molar-refractivity contribution is -0.151. The Hall–Kier alpha value is -0.960. The number of rotatable bonds is 4. The molecule has 0 radical (unpaired) electrons. The Bertz CT molecular complexity index is 380. The third-order valence-electron chi connectivity index (χ3n) is 2.16. The SMILES string of the molecule is Cc1ccccc1CSCC(=O)OC(C)(C)C. The standard InChI is InChI=1S/C14H20O2S/c1-11-7-5-6-8-12(11)9-17-10-13(15)16-14(2,3)4/h5-8H,9-10H2,1-4H3. The van der Waals surface area contributed by atoms with E-state index in [9.17, 15) is 4.79 Å². The van der Waals surface area contributed by atoms with Gasteiger partial charge in [-0.05, 0) is 38.8 Å². The van der Waals surface area contributed by atoms with Gasteiger partial charge in [0.15, 0.2) is 0 Å². The number of thioether (sulfide) groups is 1. The van der Waals surface area contributed by atoms with Gasteiger partial charge in [-0.15, -0.1) is 11.8 Å². The zero-order valence-corrected chi connectivity index (χ0v) is 11.8. The van der Waals surface area contributed by atoms with E-state index >= 15 is 0 Å². The molecule has 0 aliphatic heterocycles. The molecule has 0 atom stereocenters. The molecule has 0 aromatic heterocycles. The van der Waals surface area contributed by atoms with Crippen LogP contribution in [0.1, 0.15) is 31.9 Å². The smallest absolute Gasteiger partial charge is 0.316 e. The van der Waals surface area contributed by atoms with Crippen molar-refractivity contribution >= 4 is 17.7 Å². The fourth-order valence-corrected chi connectivity index (χ4v) is 2.26. The van der Waals surface area contributed by atoms with Crippen molar-refractivity contribution in [3.05, 3.63) is 35.4 Å². The third kappa shape index (κ3) is 5.78. The van der Waals surface area contributed by atoms with Gasteiger partial charge in [0.25, 0.3) is 0 Å². The third-order valence-corrected chi connectivity index (χ3v) is 3.11. The lowest BCUT2D eigenvalue weighted by Crippen LogP contribution is -2.24. The number of carbonyl (C=O) groups is 1. The molecule has 1 aromatic carbocycles. The second-order valence-electron chi connectivity index (χ2n) is 5.01. The van der Waals surface area contributed by atoms with Crippen LogP contribution in [0.2, 0.25) is 0 Å². The van der Waals surface area contributed by atoms with Gasteiger partial charge in [-0.3, -0.25) is 4.79 Å². The predicted octanol–water partition coefficient (Wildman–Crippen LogP) is 3.57. The maximum absolute atomic E-state index is 11.5. The largest absolute Gasteiger partial charge is 0.459 e. The number of aryl methyl sites for hydroxylation is 1. The van der Waals surface area contributed by atoms with Gasteiger partial charge in [0.2, 0.25) is 0 Å². The van der Waals surface area contributed by atoms with E-state index in [-0.39, 0.29) is 11.6 Å². The Morgan fingerprint density at radius 2 is 1.94 bits per heavy atom. The second-order valence-corrected chi connectivity index (χ2v) is 5.99. The van der Waals surface area contributed by atoms with Crippen LogP contribution in [0, 0.1) is 6.92 Å². The molecule has 0 N–H and O–H groups in total. The minimum Gasteiger partial charge on any atom is -0.459 e. The summed E-state index contributed by atoms with van der Waals surface area (Å²) in [6, 6.07) is 8.23. The van der Waals surface area contributed by atoms with E-state index in [0.717, 1.165) is 5.75 Å². The number of ether oxygens (including phenoxy) is 1. The van der Waals surface area contributed by atoms with Crippen molar-refractivity contribution in [1.29, 1.82) is 0 Å². The summed E-state index contributed by atoms with van der Waals surface area (Å²) in [5.74, 6) is 1.12. The van der Waals surface area contributed by atoms with Gasteiger partial charge < -0.3 is 4.74 Å². The molecule has 17 heavy (non-hydrogen) atoms. The highest BCUT2D eigenvalue weighted by atomic mass is 32.2. The molecular weight excluding hydrogens is 232 g/mol. The average molecular weight is 252 g/mol. The Kier molecular flexibility index (Phi) is 5.06. The van der Waals surface area contributed by atoms with Crippen molar-refractivity contribution < 1.29 is 9.53 Å². The number of hydrogen-bond donors (Lipinski definition) is 0. The summed E-state index contributed by atoms with van der Waals surface area (Å²) in [5, 5.41) is 0. The van der Waals surface area contributed by atoms with Crippen LogP contribution in [-0.2, 0) is 15.3 Å². The van der Waals surface area contributed by atoms with Gasteiger partial charge in [0, 0.05) is 5.75 Å². The van der Waals surface area contributed by atoms with Crippen molar-refractivity contribution in [2.75, 3.05) is 5.75 Å². The summed E-state index contributed by atoms with van der Waals surface area (Å²) < 4.78 is 5.25. The monoisotopic (exact) mass is 252 g/mol. The van der Waals surface area contributed by atoms with E-state index in [0.29, 0.717) is 5.75 Å². The zero-order chi connectivity index (χ0) is 12.9. The first-order chi connectivity index (χ1) is 7.88. The topological polar surface area (TPSA) is 26.3 Å². The van der Waals surface area contributed by atoms with Gasteiger partial charge in [-0.25, -0.2) is 0 Å². The van der Waals surface area contributed by atoms with E-state index in [1.54, 1.807) is 11.8 Å². The van der Waals surface area contributed by atoms with Gasteiger partial charge in [0.1, 0.15) is 5.60 Å². The van der Waals surface area contributed by atoms with Crippen molar-refractivity contribution in [3.63, 3.8) is 0 Å². The molecule has 3 heteroatoms. The molecule has 0 spiro atoms. The lowest BCUT2D eigenvalue weighted by Gasteiger charge is -2.19. The fourth-order valence-electron chi connectivity index (χ4n) is 1.39. The molecule has 1 aromatic rings. The van der Waals surface area contributed by atoms with Crippen LogP contribution in [0.25, 0.3) is 0 Å². The van der Waals surface area contributed by atoms with Crippen molar-refractivity contribution in [1.82, 2.24) is 0 Å². The molecule has 0 fully saturated rings. The van der Waals surface area contributed by atoms with Crippen LogP contribution in [0.3, 0.4) is 0 Å². The molecule has 0 aliphatic rings. The molecule has 0 aliphatic carbocycles. The summed E-state index contributed by atoms with van der Waals surface area (Å²) in [7, 11) is 0. The number of esters is 1. The van der Waals surface area contributed by atoms with Gasteiger partial charge >= 0.3 is 5.97 Å². The first kappa shape index (κ1) is 14.1. The van der Waals surface area contributed by atoms with Crippen LogP contribution < -0.4 is 0 Å². The van der Waals surface area contributed by atoms with Crippen LogP contribution in [0.15, 0.2) is 24.3 Å². The number of carbonyl (C=O) groups excluding carboxylic acids is 1. The van der Waals surface area contributed by atoms with Crippen molar-refractivity contribution in [3.8, 4) is 0 Å². The van der Waals surface area contributed by atoms with Crippen molar-refractivity contribution in [2.24, 2.45) is 0 Å². The minimum atomic E-state index is -0.389. The summed E-state index contributed by atoms with van der Waals surface area (Å²) in [6.45, 7) is 7.74. The molecule has 0 heterocycles. The number of hydrogen-bond acceptors (Lipinski definition) is 3. The average Bonchev–Trinajstić information content (AvgIpc) is 2.18. The Morgan fingerprint density at radius 1 is 1.29 bits per heavy atom. The molecule has 0 amide bonds. The van der Waals surface area contributed by atoms with Gasteiger partial charge in [-0.1, -0.05) is 24.3 Å². The molecule has 0 saturated heterocycles. The first-order valence-electron chi connectivity index (χ1n) is 5.72. The maximum atomic E-state index is 11.5. The highest BCUT2D eigenvalue weighted by Gasteiger charge is 2.15. The Balaban J connectivity index is 2.34. The Labute approximate surface area is 108 Å². The summed E-state index contributed by atoms with van der Waals surface area (Å²) >= 11 is 1.59. The molecule has 94 valence electrons. The molecule has 2 nitrogen and oxygen atoms in total. The van der Waals surface area contributed by atoms with Gasteiger partial charge in [0.05, 0.1) is 5.75 Å².